The lowest BCUT2D eigenvalue weighted by Gasteiger charge is -2.34. The Bertz CT molecular complexity index is 491. The topological polar surface area (TPSA) is 63.9 Å². The first kappa shape index (κ1) is 12.4. The van der Waals surface area contributed by atoms with Crippen molar-refractivity contribution in [3.8, 4) is 0 Å². The fourth-order valence-electron chi connectivity index (χ4n) is 2.02. The Morgan fingerprint density at radius 3 is 2.53 bits per heavy atom. The van der Waals surface area contributed by atoms with E-state index in [-0.39, 0.29) is 0 Å². The monoisotopic (exact) mass is 279 g/mol. The Kier molecular flexibility index (Phi) is 3.38. The average molecular weight is 279 g/mol. The van der Waals surface area contributed by atoms with E-state index < -0.39 is 0 Å². The third kappa shape index (κ3) is 2.43. The first-order valence-corrected chi connectivity index (χ1v) is 6.33. The summed E-state index contributed by atoms with van der Waals surface area (Å²) in [5.74, 6) is 0.674. The second kappa shape index (κ2) is 5.17. The van der Waals surface area contributed by atoms with Crippen LogP contribution in [-0.2, 0) is 4.74 Å². The molecule has 0 saturated carbocycles. The number of hydrogen-bond donors (Lipinski definition) is 1. The van der Waals surface area contributed by atoms with Gasteiger partial charge in [0.25, 0.3) is 0 Å². The van der Waals surface area contributed by atoms with Crippen LogP contribution in [0.1, 0.15) is 0 Å². The lowest BCUT2D eigenvalue weighted by atomic mass is 10.2. The SMILES string of the molecule is ON1C=CC(=C2N=NC(=S)N2N2CCOCC2)C=C1. The molecule has 3 aliphatic rings. The number of thiocarbonyl (C=S) groups is 1. The number of ether oxygens (including phenoxy) is 1. The zero-order valence-corrected chi connectivity index (χ0v) is 11.0. The predicted octanol–water partition coefficient (Wildman–Crippen LogP) is 1.23. The molecule has 100 valence electrons. The van der Waals surface area contributed by atoms with Crippen LogP contribution >= 0.6 is 12.2 Å². The first-order chi connectivity index (χ1) is 9.25. The van der Waals surface area contributed by atoms with E-state index >= 15 is 0 Å². The molecule has 0 aromatic carbocycles. The van der Waals surface area contributed by atoms with Gasteiger partial charge in [0.15, 0.2) is 5.82 Å². The van der Waals surface area contributed by atoms with Gasteiger partial charge in [-0.1, -0.05) is 0 Å². The molecule has 1 saturated heterocycles. The lowest BCUT2D eigenvalue weighted by Crippen LogP contribution is -2.48. The van der Waals surface area contributed by atoms with E-state index in [1.165, 1.54) is 12.4 Å². The van der Waals surface area contributed by atoms with Crippen molar-refractivity contribution in [2.45, 2.75) is 0 Å². The number of hydroxylamine groups is 2. The lowest BCUT2D eigenvalue weighted by molar-refractivity contribution is -0.0325. The summed E-state index contributed by atoms with van der Waals surface area (Å²) in [5, 5.41) is 22.7. The first-order valence-electron chi connectivity index (χ1n) is 5.92. The molecule has 3 aliphatic heterocycles. The van der Waals surface area contributed by atoms with Crippen LogP contribution in [0.4, 0.5) is 0 Å². The molecule has 7 nitrogen and oxygen atoms in total. The molecule has 3 rings (SSSR count). The second-order valence-corrected chi connectivity index (χ2v) is 4.52. The highest BCUT2D eigenvalue weighted by Crippen LogP contribution is 2.26. The van der Waals surface area contributed by atoms with Gasteiger partial charge in [-0.3, -0.25) is 5.21 Å². The Labute approximate surface area is 115 Å². The Morgan fingerprint density at radius 2 is 1.84 bits per heavy atom. The fraction of sp³-hybridized carbons (Fsp3) is 0.364. The minimum atomic E-state index is 0.428. The quantitative estimate of drug-likeness (QED) is 0.728. The number of hydrazine groups is 1. The van der Waals surface area contributed by atoms with Crippen LogP contribution in [0.25, 0.3) is 0 Å². The normalized spacial score (nSPS) is 23.9. The van der Waals surface area contributed by atoms with Gasteiger partial charge in [0.1, 0.15) is 0 Å². The largest absolute Gasteiger partial charge is 0.379 e. The molecule has 3 heterocycles. The van der Waals surface area contributed by atoms with E-state index in [0.717, 1.165) is 23.7 Å². The molecule has 1 N–H and O–H groups in total. The molecule has 0 aliphatic carbocycles. The minimum absolute atomic E-state index is 0.428. The van der Waals surface area contributed by atoms with Crippen molar-refractivity contribution in [3.63, 3.8) is 0 Å². The van der Waals surface area contributed by atoms with Gasteiger partial charge in [0.2, 0.25) is 5.11 Å². The van der Waals surface area contributed by atoms with E-state index in [0.29, 0.717) is 24.1 Å². The standard InChI is InChI=1S/C11H13N5O2S/c17-15-3-1-9(2-4-15)10-12-13-11(19)16(10)14-5-7-18-8-6-14/h1-4,17H,5-8H2. The summed E-state index contributed by atoms with van der Waals surface area (Å²) < 4.78 is 5.33. The summed E-state index contributed by atoms with van der Waals surface area (Å²) in [7, 11) is 0. The third-order valence-corrected chi connectivity index (χ3v) is 3.21. The van der Waals surface area contributed by atoms with Crippen molar-refractivity contribution in [2.24, 2.45) is 10.2 Å². The molecule has 0 bridgehead atoms. The van der Waals surface area contributed by atoms with Crippen LogP contribution in [0.15, 0.2) is 46.2 Å². The molecule has 0 aromatic heterocycles. The van der Waals surface area contributed by atoms with Gasteiger partial charge in [0, 0.05) is 31.1 Å². The summed E-state index contributed by atoms with van der Waals surface area (Å²) in [6.45, 7) is 2.83. The van der Waals surface area contributed by atoms with Gasteiger partial charge in [-0.15, -0.1) is 10.2 Å². The van der Waals surface area contributed by atoms with Crippen LogP contribution in [0.3, 0.4) is 0 Å². The smallest absolute Gasteiger partial charge is 0.237 e. The second-order valence-electron chi connectivity index (χ2n) is 4.15. The Hall–Kier alpha value is -1.61. The van der Waals surface area contributed by atoms with Crippen LogP contribution in [0.2, 0.25) is 0 Å². The third-order valence-electron chi connectivity index (χ3n) is 2.95. The van der Waals surface area contributed by atoms with Crippen LogP contribution < -0.4 is 0 Å². The summed E-state index contributed by atoms with van der Waals surface area (Å²) >= 11 is 5.23. The van der Waals surface area contributed by atoms with Crippen molar-refractivity contribution < 1.29 is 9.94 Å². The molecule has 0 atom stereocenters. The summed E-state index contributed by atoms with van der Waals surface area (Å²) in [4.78, 5) is 0. The van der Waals surface area contributed by atoms with Gasteiger partial charge in [-0.2, -0.15) is 0 Å². The van der Waals surface area contributed by atoms with Crippen molar-refractivity contribution in [1.82, 2.24) is 15.1 Å². The molecule has 0 aromatic rings. The van der Waals surface area contributed by atoms with Gasteiger partial charge in [-0.05, 0) is 24.4 Å². The van der Waals surface area contributed by atoms with Crippen LogP contribution in [-0.4, -0.2) is 51.7 Å². The predicted molar refractivity (Wildman–Crippen MR) is 70.6 cm³/mol. The number of nitrogens with zero attached hydrogens (tertiary/aromatic N) is 5. The molecular formula is C11H13N5O2S. The zero-order valence-electron chi connectivity index (χ0n) is 10.1. The summed E-state index contributed by atoms with van der Waals surface area (Å²) in [5.41, 5.74) is 0.848. The summed E-state index contributed by atoms with van der Waals surface area (Å²) in [6.07, 6.45) is 6.60. The Balaban J connectivity index is 1.89. The number of morpholine rings is 1. The number of rotatable bonds is 1. The van der Waals surface area contributed by atoms with E-state index in [2.05, 4.69) is 15.2 Å². The Morgan fingerprint density at radius 1 is 1.16 bits per heavy atom. The van der Waals surface area contributed by atoms with E-state index in [9.17, 15) is 5.21 Å². The molecule has 1 fully saturated rings. The average Bonchev–Trinajstić information content (AvgIpc) is 2.82. The van der Waals surface area contributed by atoms with Crippen molar-refractivity contribution in [2.75, 3.05) is 26.3 Å². The van der Waals surface area contributed by atoms with Crippen molar-refractivity contribution in [3.05, 3.63) is 35.9 Å². The van der Waals surface area contributed by atoms with E-state index in [1.54, 1.807) is 12.2 Å². The number of azo groups is 1. The van der Waals surface area contributed by atoms with Gasteiger partial charge in [-0.25, -0.2) is 15.1 Å². The van der Waals surface area contributed by atoms with Gasteiger partial charge >= 0.3 is 0 Å². The van der Waals surface area contributed by atoms with Crippen LogP contribution in [0, 0.1) is 0 Å². The van der Waals surface area contributed by atoms with Gasteiger partial charge in [0.05, 0.1) is 13.2 Å². The highest BCUT2D eigenvalue weighted by Gasteiger charge is 2.30. The highest BCUT2D eigenvalue weighted by molar-refractivity contribution is 7.80. The summed E-state index contributed by atoms with van der Waals surface area (Å²) in [6, 6.07) is 0. The molecular weight excluding hydrogens is 266 g/mol. The van der Waals surface area contributed by atoms with Crippen LogP contribution in [0.5, 0.6) is 0 Å². The maximum Gasteiger partial charge on any atom is 0.237 e. The number of hydrogen-bond acceptors (Lipinski definition) is 6. The maximum atomic E-state index is 9.25. The van der Waals surface area contributed by atoms with Crippen molar-refractivity contribution in [1.29, 1.82) is 0 Å². The van der Waals surface area contributed by atoms with E-state index in [4.69, 9.17) is 17.0 Å². The van der Waals surface area contributed by atoms with Gasteiger partial charge < -0.3 is 4.74 Å². The fourth-order valence-corrected chi connectivity index (χ4v) is 2.26. The molecule has 0 radical (unpaired) electrons. The molecule has 19 heavy (non-hydrogen) atoms. The maximum absolute atomic E-state index is 9.25. The molecule has 0 spiro atoms. The molecule has 8 heteroatoms. The van der Waals surface area contributed by atoms with E-state index in [1.807, 2.05) is 5.01 Å². The minimum Gasteiger partial charge on any atom is -0.379 e. The zero-order chi connectivity index (χ0) is 13.2. The van der Waals surface area contributed by atoms with Crippen molar-refractivity contribution >= 4 is 17.3 Å². The highest BCUT2D eigenvalue weighted by atomic mass is 32.1. The molecule has 0 unspecified atom stereocenters. The molecule has 0 amide bonds. The number of allylic oxidation sites excluding steroid dienone is 3.